The van der Waals surface area contributed by atoms with Gasteiger partial charge in [-0.2, -0.15) is 0 Å². The lowest BCUT2D eigenvalue weighted by atomic mass is 10.1. The van der Waals surface area contributed by atoms with Gasteiger partial charge in [-0.25, -0.2) is 8.42 Å². The molecule has 0 aromatic heterocycles. The number of carbonyl (C=O) groups excluding carboxylic acids is 2. The average molecular weight is 563 g/mol. The molecule has 2 aromatic rings. The SMILES string of the molecule is CCCNC(=O)[C@H](CC)N(Cc1cccc(C)c1)C(=O)CN(c1cc(Cl)c(Cl)cc1Cl)S(C)(=O)=O. The van der Waals surface area contributed by atoms with Crippen LogP contribution in [0.5, 0.6) is 0 Å². The number of hydrogen-bond donors (Lipinski definition) is 1. The molecule has 1 atom stereocenters. The van der Waals surface area contributed by atoms with Crippen molar-refractivity contribution in [1.82, 2.24) is 10.2 Å². The van der Waals surface area contributed by atoms with Crippen molar-refractivity contribution >= 4 is 62.3 Å². The van der Waals surface area contributed by atoms with E-state index in [0.29, 0.717) is 13.0 Å². The molecule has 0 aliphatic carbocycles. The molecule has 0 saturated heterocycles. The van der Waals surface area contributed by atoms with E-state index in [1.165, 1.54) is 17.0 Å². The van der Waals surface area contributed by atoms with Crippen molar-refractivity contribution in [2.75, 3.05) is 23.7 Å². The lowest BCUT2D eigenvalue weighted by Gasteiger charge is -2.33. The van der Waals surface area contributed by atoms with Gasteiger partial charge >= 0.3 is 0 Å². The number of anilines is 1. The Morgan fingerprint density at radius 2 is 1.69 bits per heavy atom. The molecule has 0 unspecified atom stereocenters. The standard InChI is InChI=1S/C24H30Cl3N3O4S/c1-5-10-28-24(32)21(6-2)29(14-17-9-7-8-16(3)11-17)23(31)15-30(35(4,33)34)22-13-19(26)18(25)12-20(22)27/h7-9,11-13,21H,5-6,10,14-15H2,1-4H3,(H,28,32)/t21-/m0/s1. The van der Waals surface area contributed by atoms with Gasteiger partial charge in [0, 0.05) is 13.1 Å². The zero-order valence-corrected chi connectivity index (χ0v) is 23.2. The fourth-order valence-electron chi connectivity index (χ4n) is 3.59. The maximum absolute atomic E-state index is 13.6. The minimum absolute atomic E-state index is 0.0237. The van der Waals surface area contributed by atoms with Gasteiger partial charge in [0.25, 0.3) is 0 Å². The van der Waals surface area contributed by atoms with Crippen molar-refractivity contribution in [1.29, 1.82) is 0 Å². The summed E-state index contributed by atoms with van der Waals surface area (Å²) in [7, 11) is -3.95. The van der Waals surface area contributed by atoms with Gasteiger partial charge in [0.1, 0.15) is 12.6 Å². The van der Waals surface area contributed by atoms with E-state index in [-0.39, 0.29) is 33.2 Å². The van der Waals surface area contributed by atoms with Crippen LogP contribution >= 0.6 is 34.8 Å². The topological polar surface area (TPSA) is 86.8 Å². The number of benzene rings is 2. The summed E-state index contributed by atoms with van der Waals surface area (Å²) in [5.41, 5.74) is 1.84. The molecule has 0 aliphatic heterocycles. The summed E-state index contributed by atoms with van der Waals surface area (Å²) in [6.07, 6.45) is 2.06. The number of aryl methyl sites for hydroxylation is 1. The predicted molar refractivity (Wildman–Crippen MR) is 143 cm³/mol. The quantitative estimate of drug-likeness (QED) is 0.388. The van der Waals surface area contributed by atoms with Crippen LogP contribution in [0.3, 0.4) is 0 Å². The lowest BCUT2D eigenvalue weighted by molar-refractivity contribution is -0.140. The van der Waals surface area contributed by atoms with E-state index in [9.17, 15) is 18.0 Å². The van der Waals surface area contributed by atoms with E-state index in [1.807, 2.05) is 38.1 Å². The van der Waals surface area contributed by atoms with Crippen LogP contribution in [0.1, 0.15) is 37.8 Å². The first-order chi connectivity index (χ1) is 16.4. The number of hydrogen-bond acceptors (Lipinski definition) is 4. The predicted octanol–water partition coefficient (Wildman–Crippen LogP) is 5.05. The Morgan fingerprint density at radius 1 is 1.03 bits per heavy atom. The first-order valence-corrected chi connectivity index (χ1v) is 14.1. The summed E-state index contributed by atoms with van der Waals surface area (Å²) in [6, 6.07) is 9.40. The maximum atomic E-state index is 13.6. The minimum Gasteiger partial charge on any atom is -0.354 e. The average Bonchev–Trinajstić information content (AvgIpc) is 2.77. The van der Waals surface area contributed by atoms with Crippen molar-refractivity contribution in [3.8, 4) is 0 Å². The number of nitrogens with zero attached hydrogens (tertiary/aromatic N) is 2. The summed E-state index contributed by atoms with van der Waals surface area (Å²) in [5, 5.41) is 3.10. The Bertz CT molecular complexity index is 1170. The molecular weight excluding hydrogens is 533 g/mol. The highest BCUT2D eigenvalue weighted by Crippen LogP contribution is 2.35. The maximum Gasteiger partial charge on any atom is 0.244 e. The Kier molecular flexibility index (Phi) is 10.7. The highest BCUT2D eigenvalue weighted by atomic mass is 35.5. The van der Waals surface area contributed by atoms with E-state index in [0.717, 1.165) is 28.1 Å². The van der Waals surface area contributed by atoms with Crippen LogP contribution in [0, 0.1) is 6.92 Å². The van der Waals surface area contributed by atoms with Crippen molar-refractivity contribution < 1.29 is 18.0 Å². The van der Waals surface area contributed by atoms with Crippen molar-refractivity contribution in [2.45, 2.75) is 46.2 Å². The van der Waals surface area contributed by atoms with Crippen LogP contribution < -0.4 is 9.62 Å². The molecule has 192 valence electrons. The zero-order chi connectivity index (χ0) is 26.3. The lowest BCUT2D eigenvalue weighted by Crippen LogP contribution is -2.52. The molecule has 11 heteroatoms. The second-order valence-electron chi connectivity index (χ2n) is 8.21. The van der Waals surface area contributed by atoms with Gasteiger partial charge in [0.15, 0.2) is 0 Å². The zero-order valence-electron chi connectivity index (χ0n) is 20.1. The minimum atomic E-state index is -3.95. The van der Waals surface area contributed by atoms with Gasteiger partial charge in [0.05, 0.1) is 27.0 Å². The van der Waals surface area contributed by atoms with Gasteiger partial charge in [-0.1, -0.05) is 78.5 Å². The van der Waals surface area contributed by atoms with Gasteiger partial charge in [-0.3, -0.25) is 13.9 Å². The van der Waals surface area contributed by atoms with Gasteiger partial charge < -0.3 is 10.2 Å². The summed E-state index contributed by atoms with van der Waals surface area (Å²) in [6.45, 7) is 5.69. The van der Waals surface area contributed by atoms with Crippen LogP contribution in [0.15, 0.2) is 36.4 Å². The monoisotopic (exact) mass is 561 g/mol. The largest absolute Gasteiger partial charge is 0.354 e. The van der Waals surface area contributed by atoms with Gasteiger partial charge in [-0.05, 0) is 37.5 Å². The second kappa shape index (κ2) is 12.8. The smallest absolute Gasteiger partial charge is 0.244 e. The van der Waals surface area contributed by atoms with Crippen molar-refractivity contribution in [3.63, 3.8) is 0 Å². The molecule has 2 amide bonds. The number of nitrogens with one attached hydrogen (secondary N) is 1. The molecule has 0 bridgehead atoms. The molecule has 0 saturated carbocycles. The molecule has 0 spiro atoms. The number of amides is 2. The fraction of sp³-hybridized carbons (Fsp3) is 0.417. The normalized spacial score (nSPS) is 12.2. The third-order valence-electron chi connectivity index (χ3n) is 5.31. The third kappa shape index (κ3) is 8.00. The number of carbonyl (C=O) groups is 2. The molecule has 35 heavy (non-hydrogen) atoms. The molecular formula is C24H30Cl3N3O4S. The van der Waals surface area contributed by atoms with E-state index in [2.05, 4.69) is 5.32 Å². The third-order valence-corrected chi connectivity index (χ3v) is 7.46. The van der Waals surface area contributed by atoms with E-state index >= 15 is 0 Å². The molecule has 0 heterocycles. The van der Waals surface area contributed by atoms with Crippen molar-refractivity contribution in [2.24, 2.45) is 0 Å². The summed E-state index contributed by atoms with van der Waals surface area (Å²) in [4.78, 5) is 28.0. The highest BCUT2D eigenvalue weighted by molar-refractivity contribution is 7.92. The molecule has 2 aromatic carbocycles. The Balaban J connectivity index is 2.49. The van der Waals surface area contributed by atoms with Gasteiger partial charge in [0.2, 0.25) is 21.8 Å². The van der Waals surface area contributed by atoms with Crippen LogP contribution in [-0.2, 0) is 26.2 Å². The van der Waals surface area contributed by atoms with Crippen LogP contribution in [-0.4, -0.2) is 50.5 Å². The summed E-state index contributed by atoms with van der Waals surface area (Å²) < 4.78 is 26.3. The van der Waals surface area contributed by atoms with E-state index < -0.39 is 28.5 Å². The van der Waals surface area contributed by atoms with Crippen LogP contribution in [0.25, 0.3) is 0 Å². The van der Waals surface area contributed by atoms with Gasteiger partial charge in [-0.15, -0.1) is 0 Å². The van der Waals surface area contributed by atoms with E-state index in [4.69, 9.17) is 34.8 Å². The highest BCUT2D eigenvalue weighted by Gasteiger charge is 2.32. The Hall–Kier alpha value is -2.00. The molecule has 0 aliphatic rings. The van der Waals surface area contributed by atoms with E-state index in [1.54, 1.807) is 6.92 Å². The van der Waals surface area contributed by atoms with Crippen LogP contribution in [0.4, 0.5) is 5.69 Å². The molecule has 1 N–H and O–H groups in total. The fourth-order valence-corrected chi connectivity index (χ4v) is 5.14. The number of sulfonamides is 1. The first-order valence-electron chi connectivity index (χ1n) is 11.1. The summed E-state index contributed by atoms with van der Waals surface area (Å²) in [5.74, 6) is -0.855. The Labute approximate surface area is 222 Å². The number of halogens is 3. The van der Waals surface area contributed by atoms with Crippen molar-refractivity contribution in [3.05, 3.63) is 62.6 Å². The second-order valence-corrected chi connectivity index (χ2v) is 11.3. The Morgan fingerprint density at radius 3 is 2.26 bits per heavy atom. The first kappa shape index (κ1) is 29.2. The molecule has 7 nitrogen and oxygen atoms in total. The van der Waals surface area contributed by atoms with Crippen LogP contribution in [0.2, 0.25) is 15.1 Å². The molecule has 0 fully saturated rings. The number of rotatable bonds is 11. The molecule has 0 radical (unpaired) electrons. The summed E-state index contributed by atoms with van der Waals surface area (Å²) >= 11 is 18.4. The molecule has 2 rings (SSSR count).